The van der Waals surface area contributed by atoms with Gasteiger partial charge in [-0.05, 0) is 0 Å². The number of carbonyl (C=O) groups is 2. The lowest BCUT2D eigenvalue weighted by molar-refractivity contribution is -0.118. The molecule has 1 heterocycles. The Hall–Kier alpha value is -1.10. The van der Waals surface area contributed by atoms with E-state index in [1.165, 1.54) is 0 Å². The van der Waals surface area contributed by atoms with Crippen molar-refractivity contribution in [1.29, 1.82) is 0 Å². The van der Waals surface area contributed by atoms with Crippen molar-refractivity contribution in [3.63, 3.8) is 0 Å². The van der Waals surface area contributed by atoms with Gasteiger partial charge in [0.2, 0.25) is 5.91 Å². The minimum Gasteiger partial charge on any atom is -0.755 e. The molecular weight excluding hydrogens is 112 g/mol. The minimum atomic E-state index is -0.866. The summed E-state index contributed by atoms with van der Waals surface area (Å²) in [6, 6.07) is -0.866. The first-order chi connectivity index (χ1) is 3.70. The summed E-state index contributed by atoms with van der Waals surface area (Å²) >= 11 is 0. The first kappa shape index (κ1) is 5.04. The second-order valence-electron chi connectivity index (χ2n) is 1.39. The van der Waals surface area contributed by atoms with Gasteiger partial charge in [0.15, 0.2) is 0 Å². The number of imide groups is 1. The van der Waals surface area contributed by atoms with E-state index in [2.05, 4.69) is 0 Å². The standard InChI is InChI=1S/C3H3N2O3/c6-2-1-5(8)3(7)4-2/h1H2,(H,4,6,7)/q-1. The van der Waals surface area contributed by atoms with E-state index in [4.69, 9.17) is 0 Å². The van der Waals surface area contributed by atoms with Crippen LogP contribution in [0.1, 0.15) is 0 Å². The average Bonchev–Trinajstić information content (AvgIpc) is 1.85. The van der Waals surface area contributed by atoms with Crippen LogP contribution in [0.2, 0.25) is 0 Å². The molecule has 0 unspecified atom stereocenters. The summed E-state index contributed by atoms with van der Waals surface area (Å²) in [6.07, 6.45) is 0. The lowest BCUT2D eigenvalue weighted by Crippen LogP contribution is -2.23. The van der Waals surface area contributed by atoms with Gasteiger partial charge in [-0.2, -0.15) is 0 Å². The van der Waals surface area contributed by atoms with Gasteiger partial charge in [-0.15, -0.1) is 0 Å². The Morgan fingerprint density at radius 2 is 2.25 bits per heavy atom. The maximum atomic E-state index is 10.1. The van der Waals surface area contributed by atoms with Crippen molar-refractivity contribution in [1.82, 2.24) is 10.4 Å². The van der Waals surface area contributed by atoms with Crippen LogP contribution < -0.4 is 5.32 Å². The molecule has 8 heavy (non-hydrogen) atoms. The molecule has 5 nitrogen and oxygen atoms in total. The van der Waals surface area contributed by atoms with Crippen LogP contribution >= 0.6 is 0 Å². The molecule has 0 saturated carbocycles. The van der Waals surface area contributed by atoms with Crippen molar-refractivity contribution in [2.45, 2.75) is 0 Å². The molecule has 1 fully saturated rings. The van der Waals surface area contributed by atoms with E-state index < -0.39 is 11.9 Å². The molecule has 0 aromatic carbocycles. The molecule has 0 spiro atoms. The summed E-state index contributed by atoms with van der Waals surface area (Å²) in [5.74, 6) is -0.537. The number of nitrogens with one attached hydrogen (secondary N) is 1. The van der Waals surface area contributed by atoms with E-state index in [9.17, 15) is 14.8 Å². The molecule has 44 valence electrons. The summed E-state index contributed by atoms with van der Waals surface area (Å²) in [6.45, 7) is -0.362. The van der Waals surface area contributed by atoms with Crippen molar-refractivity contribution in [2.24, 2.45) is 0 Å². The second kappa shape index (κ2) is 1.45. The molecule has 0 aliphatic carbocycles. The third-order valence-electron chi connectivity index (χ3n) is 0.760. The maximum Gasteiger partial charge on any atom is 0.313 e. The Bertz CT molecular complexity index is 143. The lowest BCUT2D eigenvalue weighted by atomic mass is 10.7. The third kappa shape index (κ3) is 0.627. The largest absolute Gasteiger partial charge is 0.755 e. The molecule has 1 aliphatic rings. The van der Waals surface area contributed by atoms with Gasteiger partial charge < -0.3 is 10.3 Å². The number of carbonyl (C=O) groups excluding carboxylic acids is 2. The Balaban J connectivity index is 2.64. The average molecular weight is 115 g/mol. The van der Waals surface area contributed by atoms with Crippen molar-refractivity contribution >= 4 is 11.9 Å². The van der Waals surface area contributed by atoms with Gasteiger partial charge >= 0.3 is 6.03 Å². The number of urea groups is 1. The summed E-state index contributed by atoms with van der Waals surface area (Å²) in [7, 11) is 0. The zero-order valence-corrected chi connectivity index (χ0v) is 3.88. The highest BCUT2D eigenvalue weighted by molar-refractivity contribution is 6.02. The number of nitrogens with zero attached hydrogens (tertiary/aromatic N) is 1. The van der Waals surface area contributed by atoms with E-state index in [0.29, 0.717) is 0 Å². The lowest BCUT2D eigenvalue weighted by Gasteiger charge is -2.16. The number of hydrogen-bond acceptors (Lipinski definition) is 3. The summed E-state index contributed by atoms with van der Waals surface area (Å²) in [4.78, 5) is 20.2. The van der Waals surface area contributed by atoms with Gasteiger partial charge in [-0.3, -0.25) is 10.1 Å². The Kier molecular flexibility index (Phi) is 0.911. The van der Waals surface area contributed by atoms with Gasteiger partial charge in [0.05, 0.1) is 6.54 Å². The maximum absolute atomic E-state index is 10.1. The molecule has 1 N–H and O–H groups in total. The molecule has 1 rings (SSSR count). The fraction of sp³-hybridized carbons (Fsp3) is 0.333. The molecule has 0 aromatic heterocycles. The van der Waals surface area contributed by atoms with Gasteiger partial charge in [-0.1, -0.05) is 0 Å². The highest BCUT2D eigenvalue weighted by Crippen LogP contribution is 1.92. The molecule has 0 aromatic rings. The van der Waals surface area contributed by atoms with Crippen LogP contribution in [0.3, 0.4) is 0 Å². The van der Waals surface area contributed by atoms with Gasteiger partial charge in [-0.25, -0.2) is 4.79 Å². The fourth-order valence-corrected chi connectivity index (χ4v) is 0.423. The second-order valence-corrected chi connectivity index (χ2v) is 1.39. The van der Waals surface area contributed by atoms with Crippen LogP contribution in [0, 0.1) is 5.21 Å². The van der Waals surface area contributed by atoms with E-state index in [-0.39, 0.29) is 11.6 Å². The van der Waals surface area contributed by atoms with Crippen molar-refractivity contribution < 1.29 is 9.59 Å². The molecule has 0 bridgehead atoms. The molecule has 0 atom stereocenters. The highest BCUT2D eigenvalue weighted by Gasteiger charge is 2.18. The van der Waals surface area contributed by atoms with E-state index in [1.807, 2.05) is 0 Å². The number of hydroxylamine groups is 2. The molecule has 1 aliphatic heterocycles. The zero-order valence-electron chi connectivity index (χ0n) is 3.88. The number of amides is 3. The Labute approximate surface area is 44.8 Å². The highest BCUT2D eigenvalue weighted by atomic mass is 16.5. The fourth-order valence-electron chi connectivity index (χ4n) is 0.423. The van der Waals surface area contributed by atoms with Crippen LogP contribution in [0.4, 0.5) is 4.79 Å². The van der Waals surface area contributed by atoms with Crippen molar-refractivity contribution in [3.05, 3.63) is 5.21 Å². The quantitative estimate of drug-likeness (QED) is 0.413. The monoisotopic (exact) mass is 115 g/mol. The van der Waals surface area contributed by atoms with Gasteiger partial charge in [0.1, 0.15) is 0 Å². The number of hydrogen-bond donors (Lipinski definition) is 1. The smallest absolute Gasteiger partial charge is 0.313 e. The van der Waals surface area contributed by atoms with Gasteiger partial charge in [0, 0.05) is 0 Å². The van der Waals surface area contributed by atoms with E-state index >= 15 is 0 Å². The molecule has 3 amide bonds. The Morgan fingerprint density at radius 3 is 2.38 bits per heavy atom. The van der Waals surface area contributed by atoms with Gasteiger partial charge in [0.25, 0.3) is 0 Å². The van der Waals surface area contributed by atoms with E-state index in [0.717, 1.165) is 0 Å². The first-order valence-electron chi connectivity index (χ1n) is 1.98. The van der Waals surface area contributed by atoms with Crippen LogP contribution in [0.5, 0.6) is 0 Å². The predicted molar refractivity (Wildman–Crippen MR) is 23.6 cm³/mol. The summed E-state index contributed by atoms with van der Waals surface area (Å²) in [5, 5.41) is 11.9. The van der Waals surface area contributed by atoms with Crippen LogP contribution in [-0.2, 0) is 4.79 Å². The molecule has 5 heteroatoms. The topological polar surface area (TPSA) is 72.5 Å². The first-order valence-corrected chi connectivity index (χ1v) is 1.98. The molecule has 0 radical (unpaired) electrons. The summed E-state index contributed by atoms with van der Waals surface area (Å²) in [5.41, 5.74) is 0. The normalized spacial score (nSPS) is 19.4. The summed E-state index contributed by atoms with van der Waals surface area (Å²) < 4.78 is 0. The number of rotatable bonds is 0. The molecule has 1 saturated heterocycles. The van der Waals surface area contributed by atoms with E-state index in [1.54, 1.807) is 5.32 Å². The van der Waals surface area contributed by atoms with Crippen LogP contribution in [0.25, 0.3) is 0 Å². The van der Waals surface area contributed by atoms with Crippen molar-refractivity contribution in [3.8, 4) is 0 Å². The van der Waals surface area contributed by atoms with Crippen LogP contribution in [0.15, 0.2) is 0 Å². The van der Waals surface area contributed by atoms with Crippen molar-refractivity contribution in [2.75, 3.05) is 6.54 Å². The van der Waals surface area contributed by atoms with Crippen LogP contribution in [-0.4, -0.2) is 23.5 Å². The predicted octanol–water partition coefficient (Wildman–Crippen LogP) is -0.964. The Morgan fingerprint density at radius 1 is 1.62 bits per heavy atom. The minimum absolute atomic E-state index is 0.0718. The zero-order chi connectivity index (χ0) is 6.15. The third-order valence-corrected chi connectivity index (χ3v) is 0.760. The molecular formula is C3H3N2O3-. The SMILES string of the molecule is O=C1CN([O-])C(=O)N1.